The monoisotopic (exact) mass is 387 g/mol. The third-order valence-corrected chi connectivity index (χ3v) is 3.22. The molecule has 0 spiro atoms. The second kappa shape index (κ2) is 6.07. The second-order valence-electron chi connectivity index (χ2n) is 3.51. The quantitative estimate of drug-likeness (QED) is 0.451. The van der Waals surface area contributed by atoms with Crippen LogP contribution in [0.3, 0.4) is 0 Å². The van der Waals surface area contributed by atoms with Gasteiger partial charge in [-0.1, -0.05) is 31.9 Å². The minimum absolute atomic E-state index is 0.0681. The highest BCUT2D eigenvalue weighted by molar-refractivity contribution is 9.10. The predicted molar refractivity (Wildman–Crippen MR) is 75.5 cm³/mol. The van der Waals surface area contributed by atoms with Gasteiger partial charge in [0.25, 0.3) is 5.69 Å². The number of alkyl halides is 1. The van der Waals surface area contributed by atoms with Gasteiger partial charge < -0.3 is 4.74 Å². The first kappa shape index (κ1) is 13.9. The van der Waals surface area contributed by atoms with Gasteiger partial charge in [-0.25, -0.2) is 9.97 Å². The number of non-ortho nitro benzene ring substituents is 1. The number of aromatic nitrogens is 2. The Morgan fingerprint density at radius 1 is 1.26 bits per heavy atom. The zero-order valence-corrected chi connectivity index (χ0v) is 12.6. The Kier molecular flexibility index (Phi) is 4.43. The van der Waals surface area contributed by atoms with Crippen LogP contribution >= 0.6 is 31.9 Å². The van der Waals surface area contributed by atoms with Gasteiger partial charge in [-0.05, 0) is 11.6 Å². The Balaban J connectivity index is 2.24. The van der Waals surface area contributed by atoms with Crippen molar-refractivity contribution in [2.24, 2.45) is 0 Å². The zero-order chi connectivity index (χ0) is 13.8. The Morgan fingerprint density at radius 3 is 2.53 bits per heavy atom. The van der Waals surface area contributed by atoms with Crippen molar-refractivity contribution >= 4 is 37.5 Å². The van der Waals surface area contributed by atoms with Gasteiger partial charge in [-0.2, -0.15) is 0 Å². The van der Waals surface area contributed by atoms with Crippen LogP contribution in [0.5, 0.6) is 11.8 Å². The number of benzene rings is 1. The summed E-state index contributed by atoms with van der Waals surface area (Å²) in [5, 5.41) is 11.4. The van der Waals surface area contributed by atoms with E-state index < -0.39 is 4.92 Å². The van der Waals surface area contributed by atoms with Gasteiger partial charge in [0, 0.05) is 28.3 Å². The first-order chi connectivity index (χ1) is 9.08. The van der Waals surface area contributed by atoms with E-state index >= 15 is 0 Å². The standard InChI is InChI=1S/C11H7Br2N3O3/c12-4-7-5-14-11(15-6-7)19-10-2-8(13)1-9(3-10)16(17)18/h1-3,5-6H,4H2. The molecule has 0 saturated carbocycles. The van der Waals surface area contributed by atoms with Gasteiger partial charge in [0.15, 0.2) is 0 Å². The maximum Gasteiger partial charge on any atom is 0.321 e. The van der Waals surface area contributed by atoms with E-state index in [-0.39, 0.29) is 11.7 Å². The maximum absolute atomic E-state index is 10.7. The van der Waals surface area contributed by atoms with Crippen molar-refractivity contribution in [2.75, 3.05) is 0 Å². The number of nitro benzene ring substituents is 1. The largest absolute Gasteiger partial charge is 0.424 e. The van der Waals surface area contributed by atoms with Crippen LogP contribution in [0, 0.1) is 10.1 Å². The first-order valence-electron chi connectivity index (χ1n) is 5.08. The van der Waals surface area contributed by atoms with Crippen molar-refractivity contribution in [3.8, 4) is 11.8 Å². The lowest BCUT2D eigenvalue weighted by Crippen LogP contribution is -1.94. The zero-order valence-electron chi connectivity index (χ0n) is 9.42. The Labute approximate surface area is 125 Å². The van der Waals surface area contributed by atoms with E-state index in [1.807, 2.05) is 0 Å². The SMILES string of the molecule is O=[N+]([O-])c1cc(Br)cc(Oc2ncc(CBr)cn2)c1. The summed E-state index contributed by atoms with van der Waals surface area (Å²) in [7, 11) is 0. The number of nitro groups is 1. The van der Waals surface area contributed by atoms with Crippen LogP contribution in [-0.4, -0.2) is 14.9 Å². The topological polar surface area (TPSA) is 78.2 Å². The van der Waals surface area contributed by atoms with E-state index in [1.54, 1.807) is 18.5 Å². The van der Waals surface area contributed by atoms with E-state index in [1.165, 1.54) is 12.1 Å². The molecule has 1 aromatic heterocycles. The van der Waals surface area contributed by atoms with Crippen molar-refractivity contribution < 1.29 is 9.66 Å². The Morgan fingerprint density at radius 2 is 1.95 bits per heavy atom. The van der Waals surface area contributed by atoms with Crippen molar-refractivity contribution in [3.63, 3.8) is 0 Å². The molecule has 0 fully saturated rings. The van der Waals surface area contributed by atoms with Crippen molar-refractivity contribution in [1.29, 1.82) is 0 Å². The molecule has 0 bridgehead atoms. The lowest BCUT2D eigenvalue weighted by molar-refractivity contribution is -0.385. The number of hydrogen-bond donors (Lipinski definition) is 0. The molecule has 2 aromatic rings. The number of rotatable bonds is 4. The third-order valence-electron chi connectivity index (χ3n) is 2.11. The molecule has 0 atom stereocenters. The molecule has 8 heteroatoms. The van der Waals surface area contributed by atoms with Gasteiger partial charge in [0.1, 0.15) is 5.75 Å². The molecule has 0 N–H and O–H groups in total. The summed E-state index contributed by atoms with van der Waals surface area (Å²) < 4.78 is 5.93. The molecular formula is C11H7Br2N3O3. The minimum atomic E-state index is -0.494. The molecule has 19 heavy (non-hydrogen) atoms. The fourth-order valence-corrected chi connectivity index (χ4v) is 2.03. The summed E-state index contributed by atoms with van der Waals surface area (Å²) in [6.07, 6.45) is 3.23. The van der Waals surface area contributed by atoms with E-state index in [0.29, 0.717) is 15.6 Å². The van der Waals surface area contributed by atoms with E-state index in [4.69, 9.17) is 4.74 Å². The highest BCUT2D eigenvalue weighted by atomic mass is 79.9. The van der Waals surface area contributed by atoms with Crippen LogP contribution in [-0.2, 0) is 5.33 Å². The smallest absolute Gasteiger partial charge is 0.321 e. The van der Waals surface area contributed by atoms with Crippen LogP contribution in [0.15, 0.2) is 35.1 Å². The van der Waals surface area contributed by atoms with Gasteiger partial charge in [0.2, 0.25) is 0 Å². The van der Waals surface area contributed by atoms with E-state index in [9.17, 15) is 10.1 Å². The fourth-order valence-electron chi connectivity index (χ4n) is 1.28. The van der Waals surface area contributed by atoms with Gasteiger partial charge >= 0.3 is 6.01 Å². The lowest BCUT2D eigenvalue weighted by Gasteiger charge is -2.04. The number of hydrogen-bond acceptors (Lipinski definition) is 5. The normalized spacial score (nSPS) is 10.2. The van der Waals surface area contributed by atoms with Gasteiger partial charge in [-0.15, -0.1) is 0 Å². The van der Waals surface area contributed by atoms with Crippen LogP contribution in [0.2, 0.25) is 0 Å². The molecule has 0 amide bonds. The molecule has 1 aromatic carbocycles. The molecule has 0 saturated heterocycles. The van der Waals surface area contributed by atoms with E-state index in [0.717, 1.165) is 5.56 Å². The first-order valence-corrected chi connectivity index (χ1v) is 6.99. The van der Waals surface area contributed by atoms with Crippen LogP contribution < -0.4 is 4.74 Å². The Bertz CT molecular complexity index is 605. The highest BCUT2D eigenvalue weighted by Gasteiger charge is 2.11. The van der Waals surface area contributed by atoms with Crippen LogP contribution in [0.4, 0.5) is 5.69 Å². The molecule has 0 unspecified atom stereocenters. The average Bonchev–Trinajstić information content (AvgIpc) is 2.39. The summed E-state index contributed by atoms with van der Waals surface area (Å²) in [6, 6.07) is 4.44. The number of nitrogens with zero attached hydrogens (tertiary/aromatic N) is 3. The molecule has 6 nitrogen and oxygen atoms in total. The minimum Gasteiger partial charge on any atom is -0.424 e. The van der Waals surface area contributed by atoms with Crippen molar-refractivity contribution in [1.82, 2.24) is 9.97 Å². The Hall–Kier alpha value is -1.54. The van der Waals surface area contributed by atoms with Crippen LogP contribution in [0.1, 0.15) is 5.56 Å². The van der Waals surface area contributed by atoms with E-state index in [2.05, 4.69) is 41.8 Å². The summed E-state index contributed by atoms with van der Waals surface area (Å²) in [6.45, 7) is 0. The number of halogens is 2. The van der Waals surface area contributed by atoms with Crippen LogP contribution in [0.25, 0.3) is 0 Å². The summed E-state index contributed by atoms with van der Waals surface area (Å²) >= 11 is 6.47. The molecule has 0 aliphatic rings. The lowest BCUT2D eigenvalue weighted by atomic mass is 10.3. The predicted octanol–water partition coefficient (Wildman–Crippen LogP) is 3.83. The summed E-state index contributed by atoms with van der Waals surface area (Å²) in [5.41, 5.74) is 0.842. The molecule has 0 radical (unpaired) electrons. The fraction of sp³-hybridized carbons (Fsp3) is 0.0909. The third kappa shape index (κ3) is 3.71. The second-order valence-corrected chi connectivity index (χ2v) is 4.99. The molecule has 2 rings (SSSR count). The van der Waals surface area contributed by atoms with Gasteiger partial charge in [-0.3, -0.25) is 10.1 Å². The average molecular weight is 389 g/mol. The molecular weight excluding hydrogens is 382 g/mol. The number of ether oxygens (including phenoxy) is 1. The molecule has 0 aliphatic carbocycles. The summed E-state index contributed by atoms with van der Waals surface area (Å²) in [4.78, 5) is 18.2. The van der Waals surface area contributed by atoms with Gasteiger partial charge in [0.05, 0.1) is 11.0 Å². The van der Waals surface area contributed by atoms with Crippen molar-refractivity contribution in [2.45, 2.75) is 5.33 Å². The molecule has 1 heterocycles. The van der Waals surface area contributed by atoms with Crippen molar-refractivity contribution in [3.05, 3.63) is 50.7 Å². The maximum atomic E-state index is 10.7. The molecule has 98 valence electrons. The molecule has 0 aliphatic heterocycles. The summed E-state index contributed by atoms with van der Waals surface area (Å²) in [5.74, 6) is 0.299. The highest BCUT2D eigenvalue weighted by Crippen LogP contribution is 2.28.